The molecule has 4 rings (SSSR count). The van der Waals surface area contributed by atoms with Gasteiger partial charge in [0.1, 0.15) is 0 Å². The van der Waals surface area contributed by atoms with Crippen molar-refractivity contribution in [3.05, 3.63) is 60.7 Å². The Bertz CT molecular complexity index is 604. The van der Waals surface area contributed by atoms with Crippen LogP contribution in [-0.2, 0) is 4.12 Å². The zero-order valence-electron chi connectivity index (χ0n) is 16.6. The van der Waals surface area contributed by atoms with E-state index in [1.165, 1.54) is 64.2 Å². The summed E-state index contributed by atoms with van der Waals surface area (Å²) in [6, 6.07) is 22.7. The molecule has 0 amide bonds. The first-order valence-corrected chi connectivity index (χ1v) is 14.6. The molecule has 2 fully saturated rings. The highest BCUT2D eigenvalue weighted by atomic mass is 28.4. The fourth-order valence-electron chi connectivity index (χ4n) is 5.24. The summed E-state index contributed by atoms with van der Waals surface area (Å²) >= 11 is 0. The molecule has 0 bridgehead atoms. The Balaban J connectivity index is 1.62. The Hall–Kier alpha value is -1.17. The van der Waals surface area contributed by atoms with Crippen molar-refractivity contribution >= 4 is 28.5 Å². The minimum atomic E-state index is -1.41. The van der Waals surface area contributed by atoms with Crippen molar-refractivity contribution in [1.82, 2.24) is 0 Å². The zero-order chi connectivity index (χ0) is 18.3. The Kier molecular flexibility index (Phi) is 6.99. The van der Waals surface area contributed by atoms with Gasteiger partial charge in [0.15, 0.2) is 18.1 Å². The number of hydrogen-bond donors (Lipinski definition) is 0. The van der Waals surface area contributed by atoms with Crippen molar-refractivity contribution < 1.29 is 4.12 Å². The maximum absolute atomic E-state index is 7.38. The molecular formula is C24H34OSi2. The first kappa shape index (κ1) is 19.2. The Morgan fingerprint density at radius 2 is 0.889 bits per heavy atom. The van der Waals surface area contributed by atoms with E-state index in [1.807, 2.05) is 0 Å². The van der Waals surface area contributed by atoms with Crippen molar-refractivity contribution in [2.75, 3.05) is 0 Å². The molecule has 0 aliphatic heterocycles. The molecule has 1 nitrogen and oxygen atoms in total. The summed E-state index contributed by atoms with van der Waals surface area (Å²) in [4.78, 5) is 0. The minimum absolute atomic E-state index is 0.837. The topological polar surface area (TPSA) is 9.23 Å². The standard InChI is InChI=1S/C24H34OSi2/c1-5-13-21(14-6-1)26(22-15-7-2-8-16-22)25-27(23-17-9-3-10-18-23)24-19-11-4-12-20-24/h1,3,5-6,9-10,13-14,17-18,22,24,26-27H,2,4,7-8,11-12,15-16,19-20H2. The highest BCUT2D eigenvalue weighted by Crippen LogP contribution is 2.35. The molecule has 2 aromatic carbocycles. The lowest BCUT2D eigenvalue weighted by Crippen LogP contribution is -2.49. The van der Waals surface area contributed by atoms with Crippen molar-refractivity contribution in [2.24, 2.45) is 0 Å². The predicted molar refractivity (Wildman–Crippen MR) is 121 cm³/mol. The summed E-state index contributed by atoms with van der Waals surface area (Å²) in [7, 11) is -2.82. The van der Waals surface area contributed by atoms with E-state index in [0.717, 1.165) is 11.1 Å². The lowest BCUT2D eigenvalue weighted by Gasteiger charge is -2.36. The van der Waals surface area contributed by atoms with E-state index in [2.05, 4.69) is 60.7 Å². The molecule has 3 heteroatoms. The molecule has 0 heterocycles. The van der Waals surface area contributed by atoms with E-state index < -0.39 is 18.1 Å². The number of rotatable bonds is 6. The molecule has 2 unspecified atom stereocenters. The maximum atomic E-state index is 7.38. The van der Waals surface area contributed by atoms with Crippen LogP contribution in [0.2, 0.25) is 11.1 Å². The van der Waals surface area contributed by atoms with E-state index in [9.17, 15) is 0 Å². The van der Waals surface area contributed by atoms with Gasteiger partial charge in [0.05, 0.1) is 0 Å². The van der Waals surface area contributed by atoms with Crippen LogP contribution < -0.4 is 10.4 Å². The summed E-state index contributed by atoms with van der Waals surface area (Å²) in [6.07, 6.45) is 14.1. The monoisotopic (exact) mass is 394 g/mol. The van der Waals surface area contributed by atoms with Gasteiger partial charge in [-0.25, -0.2) is 0 Å². The van der Waals surface area contributed by atoms with Gasteiger partial charge in [-0.15, -0.1) is 0 Å². The summed E-state index contributed by atoms with van der Waals surface area (Å²) in [5, 5.41) is 3.10. The van der Waals surface area contributed by atoms with E-state index >= 15 is 0 Å². The van der Waals surface area contributed by atoms with Gasteiger partial charge < -0.3 is 4.12 Å². The second-order valence-electron chi connectivity index (χ2n) is 8.59. The number of benzene rings is 2. The third kappa shape index (κ3) is 5.01. The quantitative estimate of drug-likeness (QED) is 0.631. The van der Waals surface area contributed by atoms with E-state index in [0.29, 0.717) is 0 Å². The molecule has 2 aliphatic carbocycles. The van der Waals surface area contributed by atoms with Gasteiger partial charge in [-0.2, -0.15) is 0 Å². The van der Waals surface area contributed by atoms with Gasteiger partial charge in [0, 0.05) is 0 Å². The molecule has 0 saturated heterocycles. The molecule has 0 radical (unpaired) electrons. The number of hydrogen-bond acceptors (Lipinski definition) is 1. The Morgan fingerprint density at radius 3 is 1.26 bits per heavy atom. The van der Waals surface area contributed by atoms with Crippen LogP contribution in [-0.4, -0.2) is 18.1 Å². The van der Waals surface area contributed by atoms with Gasteiger partial charge in [0.2, 0.25) is 0 Å². The third-order valence-electron chi connectivity index (χ3n) is 6.71. The molecule has 0 aromatic heterocycles. The molecule has 2 atom stereocenters. The van der Waals surface area contributed by atoms with Crippen LogP contribution in [0.3, 0.4) is 0 Å². The lowest BCUT2D eigenvalue weighted by atomic mass is 10.0. The van der Waals surface area contributed by atoms with Crippen molar-refractivity contribution in [1.29, 1.82) is 0 Å². The highest BCUT2D eigenvalue weighted by Gasteiger charge is 2.35. The van der Waals surface area contributed by atoms with Crippen molar-refractivity contribution in [3.8, 4) is 0 Å². The molecule has 0 N–H and O–H groups in total. The molecule has 27 heavy (non-hydrogen) atoms. The first-order valence-electron chi connectivity index (χ1n) is 11.2. The van der Waals surface area contributed by atoms with Crippen LogP contribution in [0.1, 0.15) is 64.2 Å². The average Bonchev–Trinajstić information content (AvgIpc) is 2.77. The van der Waals surface area contributed by atoms with E-state index in [1.54, 1.807) is 10.4 Å². The van der Waals surface area contributed by atoms with Crippen LogP contribution in [0.4, 0.5) is 0 Å². The van der Waals surface area contributed by atoms with Crippen LogP contribution in [0.5, 0.6) is 0 Å². The molecule has 0 spiro atoms. The van der Waals surface area contributed by atoms with Crippen molar-refractivity contribution in [3.63, 3.8) is 0 Å². The van der Waals surface area contributed by atoms with Gasteiger partial charge in [0.25, 0.3) is 0 Å². The van der Waals surface area contributed by atoms with Crippen LogP contribution in [0.25, 0.3) is 0 Å². The minimum Gasteiger partial charge on any atom is -0.453 e. The predicted octanol–water partition coefficient (Wildman–Crippen LogP) is 4.93. The summed E-state index contributed by atoms with van der Waals surface area (Å²) in [5.74, 6) is 0. The van der Waals surface area contributed by atoms with Crippen LogP contribution in [0, 0.1) is 0 Å². The SMILES string of the molecule is c1ccc([SiH](O[SiH](c2ccccc2)C2CCCCC2)C2CCCCC2)cc1. The second-order valence-corrected chi connectivity index (χ2v) is 14.6. The van der Waals surface area contributed by atoms with Gasteiger partial charge in [-0.05, 0) is 21.5 Å². The smallest absolute Gasteiger partial charge is 0.198 e. The molecule has 2 aromatic rings. The molecular weight excluding hydrogens is 360 g/mol. The van der Waals surface area contributed by atoms with Crippen LogP contribution in [0.15, 0.2) is 60.7 Å². The highest BCUT2D eigenvalue weighted by molar-refractivity contribution is 6.81. The Morgan fingerprint density at radius 1 is 0.519 bits per heavy atom. The average molecular weight is 395 g/mol. The molecule has 2 aliphatic rings. The van der Waals surface area contributed by atoms with Gasteiger partial charge in [-0.3, -0.25) is 0 Å². The van der Waals surface area contributed by atoms with Gasteiger partial charge >= 0.3 is 0 Å². The maximum Gasteiger partial charge on any atom is 0.198 e. The molecule has 144 valence electrons. The second kappa shape index (κ2) is 9.86. The summed E-state index contributed by atoms with van der Waals surface area (Å²) in [5.41, 5.74) is 1.67. The zero-order valence-corrected chi connectivity index (χ0v) is 18.9. The normalized spacial score (nSPS) is 21.6. The Labute approximate surface area is 168 Å². The van der Waals surface area contributed by atoms with Crippen LogP contribution >= 0.6 is 0 Å². The largest absolute Gasteiger partial charge is 0.453 e. The fraction of sp³-hybridized carbons (Fsp3) is 0.500. The van der Waals surface area contributed by atoms with Gasteiger partial charge in [-0.1, -0.05) is 125 Å². The summed E-state index contributed by atoms with van der Waals surface area (Å²) in [6.45, 7) is 0. The fourth-order valence-corrected chi connectivity index (χ4v) is 14.0. The van der Waals surface area contributed by atoms with E-state index in [4.69, 9.17) is 4.12 Å². The lowest BCUT2D eigenvalue weighted by molar-refractivity contribution is 0.438. The van der Waals surface area contributed by atoms with Crippen molar-refractivity contribution in [2.45, 2.75) is 75.3 Å². The first-order chi connectivity index (χ1) is 13.4. The summed E-state index contributed by atoms with van der Waals surface area (Å²) < 4.78 is 7.38. The van der Waals surface area contributed by atoms with E-state index in [-0.39, 0.29) is 0 Å². The third-order valence-corrected chi connectivity index (χ3v) is 14.2. The molecule has 2 saturated carbocycles.